The Hall–Kier alpha value is -2.96. The second-order valence-electron chi connectivity index (χ2n) is 6.14. The van der Waals surface area contributed by atoms with Crippen LogP contribution < -0.4 is 5.32 Å². The largest absolute Gasteiger partial charge is 0.344 e. The van der Waals surface area contributed by atoms with Crippen molar-refractivity contribution in [1.82, 2.24) is 29.9 Å². The van der Waals surface area contributed by atoms with Gasteiger partial charge in [-0.25, -0.2) is 4.68 Å². The molecule has 1 unspecified atom stereocenters. The molecule has 3 aromatic heterocycles. The first-order chi connectivity index (χ1) is 12.3. The normalized spacial score (nSPS) is 16.4. The third kappa shape index (κ3) is 2.93. The molecule has 1 N–H and O–H groups in total. The van der Waals surface area contributed by atoms with Gasteiger partial charge in [-0.05, 0) is 44.4 Å². The summed E-state index contributed by atoms with van der Waals surface area (Å²) in [6, 6.07) is 5.60. The molecule has 3 heterocycles. The van der Waals surface area contributed by atoms with Crippen molar-refractivity contribution in [1.29, 1.82) is 0 Å². The third-order valence-corrected chi connectivity index (χ3v) is 4.59. The van der Waals surface area contributed by atoms with Gasteiger partial charge in [0.25, 0.3) is 5.91 Å². The predicted octanol–water partition coefficient (Wildman–Crippen LogP) is 2.29. The van der Waals surface area contributed by atoms with E-state index in [1.807, 2.05) is 36.1 Å². The van der Waals surface area contributed by atoms with Crippen molar-refractivity contribution in [2.75, 3.05) is 0 Å². The maximum absolute atomic E-state index is 12.5. The van der Waals surface area contributed by atoms with E-state index in [0.717, 1.165) is 42.8 Å². The quantitative estimate of drug-likeness (QED) is 0.793. The van der Waals surface area contributed by atoms with Crippen LogP contribution >= 0.6 is 0 Å². The number of fused-ring (bicyclic) bond motifs is 1. The number of nitrogens with zero attached hydrogens (tertiary/aromatic N) is 5. The fraction of sp³-hybridized carbons (Fsp3) is 0.333. The van der Waals surface area contributed by atoms with Gasteiger partial charge in [0, 0.05) is 36.4 Å². The lowest BCUT2D eigenvalue weighted by Gasteiger charge is -2.24. The van der Waals surface area contributed by atoms with E-state index in [1.54, 1.807) is 23.1 Å². The number of nitrogens with one attached hydrogen (secondary N) is 1. The summed E-state index contributed by atoms with van der Waals surface area (Å²) < 4.78 is 3.70. The minimum Gasteiger partial charge on any atom is -0.344 e. The average molecular weight is 336 g/mol. The third-order valence-electron chi connectivity index (χ3n) is 4.59. The minimum absolute atomic E-state index is 0.0291. The topological polar surface area (TPSA) is 77.6 Å². The molecular weight excluding hydrogens is 316 g/mol. The highest BCUT2D eigenvalue weighted by molar-refractivity contribution is 5.92. The predicted molar refractivity (Wildman–Crippen MR) is 92.4 cm³/mol. The molecule has 1 aliphatic rings. The van der Waals surface area contributed by atoms with Gasteiger partial charge < -0.3 is 5.32 Å². The monoisotopic (exact) mass is 336 g/mol. The molecule has 0 bridgehead atoms. The summed E-state index contributed by atoms with van der Waals surface area (Å²) >= 11 is 0. The molecule has 0 radical (unpaired) electrons. The van der Waals surface area contributed by atoms with Crippen LogP contribution in [0.5, 0.6) is 0 Å². The summed E-state index contributed by atoms with van der Waals surface area (Å²) in [5.41, 5.74) is 3.69. The summed E-state index contributed by atoms with van der Waals surface area (Å²) in [6.07, 6.45) is 10.1. The number of rotatable bonds is 4. The zero-order chi connectivity index (χ0) is 17.2. The van der Waals surface area contributed by atoms with E-state index >= 15 is 0 Å². The molecule has 7 heteroatoms. The van der Waals surface area contributed by atoms with Crippen LogP contribution in [0.15, 0.2) is 43.0 Å². The van der Waals surface area contributed by atoms with Crippen molar-refractivity contribution in [2.24, 2.45) is 0 Å². The first-order valence-electron chi connectivity index (χ1n) is 8.57. The van der Waals surface area contributed by atoms with E-state index in [2.05, 4.69) is 20.5 Å². The Kier molecular flexibility index (Phi) is 4.05. The molecule has 0 aromatic carbocycles. The fourth-order valence-electron chi connectivity index (χ4n) is 3.31. The molecule has 128 valence electrons. The van der Waals surface area contributed by atoms with E-state index in [9.17, 15) is 4.79 Å². The van der Waals surface area contributed by atoms with Crippen LogP contribution in [0.2, 0.25) is 0 Å². The van der Waals surface area contributed by atoms with E-state index in [4.69, 9.17) is 0 Å². The number of aromatic nitrogens is 5. The molecule has 0 saturated carbocycles. The van der Waals surface area contributed by atoms with Crippen molar-refractivity contribution in [2.45, 2.75) is 38.8 Å². The number of carbonyl (C=O) groups excluding carboxylic acids is 1. The zero-order valence-corrected chi connectivity index (χ0v) is 14.1. The van der Waals surface area contributed by atoms with Gasteiger partial charge >= 0.3 is 0 Å². The van der Waals surface area contributed by atoms with Gasteiger partial charge in [0.1, 0.15) is 5.69 Å². The maximum Gasteiger partial charge on any atom is 0.272 e. The molecule has 1 aliphatic carbocycles. The van der Waals surface area contributed by atoms with Crippen LogP contribution in [0.1, 0.15) is 47.6 Å². The van der Waals surface area contributed by atoms with Gasteiger partial charge in [0.15, 0.2) is 0 Å². The first kappa shape index (κ1) is 15.6. The summed E-state index contributed by atoms with van der Waals surface area (Å²) in [5.74, 6) is -0.137. The van der Waals surface area contributed by atoms with Gasteiger partial charge in [-0.3, -0.25) is 14.5 Å². The molecule has 1 atom stereocenters. The number of hydrogen-bond donors (Lipinski definition) is 1. The van der Waals surface area contributed by atoms with Crippen LogP contribution in [0, 0.1) is 0 Å². The lowest BCUT2D eigenvalue weighted by Crippen LogP contribution is -2.31. The molecule has 0 aliphatic heterocycles. The standard InChI is InChI=1S/C18H20N6O/c1-2-23-11-8-16(22-23)18(25)21-15-4-3-5-17-14(15)12-20-24(17)13-6-9-19-10-7-13/h6-12,15H,2-5H2,1H3,(H,21,25). The molecule has 0 saturated heterocycles. The molecule has 0 spiro atoms. The Morgan fingerprint density at radius 3 is 2.92 bits per heavy atom. The van der Waals surface area contributed by atoms with Crippen molar-refractivity contribution >= 4 is 5.91 Å². The van der Waals surface area contributed by atoms with E-state index in [1.165, 1.54) is 0 Å². The van der Waals surface area contributed by atoms with Gasteiger partial charge in [-0.15, -0.1) is 0 Å². The number of aryl methyl sites for hydroxylation is 1. The number of carbonyl (C=O) groups is 1. The summed E-state index contributed by atoms with van der Waals surface area (Å²) in [6.45, 7) is 2.75. The van der Waals surface area contributed by atoms with Gasteiger partial charge in [-0.2, -0.15) is 10.2 Å². The number of amides is 1. The Balaban J connectivity index is 1.58. The van der Waals surface area contributed by atoms with Crippen LogP contribution in [0.3, 0.4) is 0 Å². The summed E-state index contributed by atoms with van der Waals surface area (Å²) in [4.78, 5) is 16.6. The zero-order valence-electron chi connectivity index (χ0n) is 14.1. The van der Waals surface area contributed by atoms with Crippen molar-refractivity contribution in [3.05, 3.63) is 59.9 Å². The highest BCUT2D eigenvalue weighted by atomic mass is 16.2. The summed E-state index contributed by atoms with van der Waals surface area (Å²) in [7, 11) is 0. The van der Waals surface area contributed by atoms with Crippen LogP contribution in [0.4, 0.5) is 0 Å². The Labute approximate surface area is 145 Å². The Bertz CT molecular complexity index is 882. The van der Waals surface area contributed by atoms with Crippen molar-refractivity contribution < 1.29 is 4.79 Å². The minimum atomic E-state index is -0.137. The van der Waals surface area contributed by atoms with Crippen molar-refractivity contribution in [3.63, 3.8) is 0 Å². The molecule has 25 heavy (non-hydrogen) atoms. The number of pyridine rings is 1. The molecule has 7 nitrogen and oxygen atoms in total. The van der Waals surface area contributed by atoms with Crippen molar-refractivity contribution in [3.8, 4) is 5.69 Å². The number of hydrogen-bond acceptors (Lipinski definition) is 4. The second kappa shape index (κ2) is 6.51. The van der Waals surface area contributed by atoms with E-state index in [-0.39, 0.29) is 11.9 Å². The smallest absolute Gasteiger partial charge is 0.272 e. The maximum atomic E-state index is 12.5. The summed E-state index contributed by atoms with van der Waals surface area (Å²) in [5, 5.41) is 11.9. The van der Waals surface area contributed by atoms with Crippen LogP contribution in [0.25, 0.3) is 5.69 Å². The Morgan fingerprint density at radius 2 is 2.16 bits per heavy atom. The Morgan fingerprint density at radius 1 is 1.32 bits per heavy atom. The lowest BCUT2D eigenvalue weighted by atomic mass is 9.92. The van der Waals surface area contributed by atoms with Gasteiger partial charge in [0.05, 0.1) is 17.9 Å². The van der Waals surface area contributed by atoms with Crippen LogP contribution in [-0.2, 0) is 13.0 Å². The van der Waals surface area contributed by atoms with E-state index < -0.39 is 0 Å². The SMILES string of the molecule is CCn1ccc(C(=O)NC2CCCc3c2cnn3-c2ccncc2)n1. The molecular formula is C18H20N6O. The fourth-order valence-corrected chi connectivity index (χ4v) is 3.31. The second-order valence-corrected chi connectivity index (χ2v) is 6.14. The first-order valence-corrected chi connectivity index (χ1v) is 8.57. The molecule has 3 aromatic rings. The molecule has 0 fully saturated rings. The highest BCUT2D eigenvalue weighted by Crippen LogP contribution is 2.31. The van der Waals surface area contributed by atoms with E-state index in [0.29, 0.717) is 5.69 Å². The van der Waals surface area contributed by atoms with Gasteiger partial charge in [0.2, 0.25) is 0 Å². The molecule has 1 amide bonds. The van der Waals surface area contributed by atoms with Gasteiger partial charge in [-0.1, -0.05) is 0 Å². The highest BCUT2D eigenvalue weighted by Gasteiger charge is 2.26. The average Bonchev–Trinajstić information content (AvgIpc) is 3.30. The lowest BCUT2D eigenvalue weighted by molar-refractivity contribution is 0.0927. The van der Waals surface area contributed by atoms with Crippen LogP contribution in [-0.4, -0.2) is 30.5 Å². The molecule has 4 rings (SSSR count).